The molecule has 0 saturated heterocycles. The number of carbonyl (C=O) groups excluding carboxylic acids is 3. The van der Waals surface area contributed by atoms with E-state index in [1.165, 1.54) is 135 Å². The molecule has 0 fully saturated rings. The third-order valence-electron chi connectivity index (χ3n) is 10.6. The summed E-state index contributed by atoms with van der Waals surface area (Å²) in [6.07, 6.45) is 52.8. The maximum atomic E-state index is 12.7. The first-order chi connectivity index (χ1) is 28.0. The highest BCUT2D eigenvalue weighted by Crippen LogP contribution is 2.14. The van der Waals surface area contributed by atoms with Gasteiger partial charge in [-0.25, -0.2) is 0 Å². The third-order valence-corrected chi connectivity index (χ3v) is 10.6. The molecule has 0 aliphatic carbocycles. The summed E-state index contributed by atoms with van der Waals surface area (Å²) < 4.78 is 16.7. The predicted molar refractivity (Wildman–Crippen MR) is 242 cm³/mol. The quantitative estimate of drug-likeness (QED) is 0.0264. The Bertz CT molecular complexity index is 969. The number of unbranched alkanes of at least 4 members (excludes halogenated alkanes) is 27. The topological polar surface area (TPSA) is 78.9 Å². The van der Waals surface area contributed by atoms with Crippen molar-refractivity contribution in [1.29, 1.82) is 0 Å². The molecule has 0 N–H and O–H groups in total. The van der Waals surface area contributed by atoms with Crippen LogP contribution in [-0.2, 0) is 28.6 Å². The summed E-state index contributed by atoms with van der Waals surface area (Å²) in [5.41, 5.74) is 0. The van der Waals surface area contributed by atoms with Gasteiger partial charge < -0.3 is 14.2 Å². The Kier molecular flexibility index (Phi) is 44.4. The molecule has 0 radical (unpaired) electrons. The lowest BCUT2D eigenvalue weighted by Crippen LogP contribution is -2.30. The first-order valence-electron chi connectivity index (χ1n) is 24.5. The highest BCUT2D eigenvalue weighted by molar-refractivity contribution is 5.71. The maximum Gasteiger partial charge on any atom is 0.306 e. The van der Waals surface area contributed by atoms with Gasteiger partial charge in [-0.3, -0.25) is 14.4 Å². The van der Waals surface area contributed by atoms with E-state index in [0.717, 1.165) is 77.0 Å². The second-order valence-electron chi connectivity index (χ2n) is 16.4. The van der Waals surface area contributed by atoms with E-state index in [0.29, 0.717) is 19.3 Å². The van der Waals surface area contributed by atoms with Gasteiger partial charge in [0.15, 0.2) is 6.10 Å². The molecule has 0 aliphatic heterocycles. The summed E-state index contributed by atoms with van der Waals surface area (Å²) in [4.78, 5) is 37.7. The molecular weight excluding hydrogens is 709 g/mol. The molecule has 1 atom stereocenters. The summed E-state index contributed by atoms with van der Waals surface area (Å²) in [6.45, 7) is 6.58. The summed E-state index contributed by atoms with van der Waals surface area (Å²) in [6, 6.07) is 0. The van der Waals surface area contributed by atoms with Gasteiger partial charge in [-0.1, -0.05) is 211 Å². The van der Waals surface area contributed by atoms with Crippen molar-refractivity contribution in [3.05, 3.63) is 36.5 Å². The van der Waals surface area contributed by atoms with E-state index in [-0.39, 0.29) is 31.1 Å². The molecule has 0 rings (SSSR count). The fourth-order valence-electron chi connectivity index (χ4n) is 6.92. The van der Waals surface area contributed by atoms with Gasteiger partial charge in [-0.05, 0) is 57.8 Å². The number of ether oxygens (including phenoxy) is 3. The fraction of sp³-hybridized carbons (Fsp3) is 0.824. The number of hydrogen-bond donors (Lipinski definition) is 0. The minimum absolute atomic E-state index is 0.0735. The van der Waals surface area contributed by atoms with Crippen molar-refractivity contribution in [2.75, 3.05) is 13.2 Å². The maximum absolute atomic E-state index is 12.7. The lowest BCUT2D eigenvalue weighted by Gasteiger charge is -2.18. The monoisotopic (exact) mass is 801 g/mol. The molecule has 1 unspecified atom stereocenters. The van der Waals surface area contributed by atoms with E-state index in [1.807, 2.05) is 0 Å². The van der Waals surface area contributed by atoms with Gasteiger partial charge in [0.05, 0.1) is 0 Å². The zero-order chi connectivity index (χ0) is 41.5. The molecule has 0 amide bonds. The minimum atomic E-state index is -0.769. The van der Waals surface area contributed by atoms with Gasteiger partial charge in [-0.2, -0.15) is 0 Å². The van der Waals surface area contributed by atoms with Crippen LogP contribution < -0.4 is 0 Å². The van der Waals surface area contributed by atoms with Crippen molar-refractivity contribution in [2.45, 2.75) is 258 Å². The minimum Gasteiger partial charge on any atom is -0.462 e. The number of carbonyl (C=O) groups is 3. The Labute approximate surface area is 353 Å². The Morgan fingerprint density at radius 2 is 0.632 bits per heavy atom. The van der Waals surface area contributed by atoms with Crippen LogP contribution in [0.15, 0.2) is 36.5 Å². The van der Waals surface area contributed by atoms with E-state index in [2.05, 4.69) is 57.2 Å². The Balaban J connectivity index is 4.24. The van der Waals surface area contributed by atoms with Crippen molar-refractivity contribution < 1.29 is 28.6 Å². The first kappa shape index (κ1) is 54.6. The highest BCUT2D eigenvalue weighted by Gasteiger charge is 2.19. The van der Waals surface area contributed by atoms with Crippen molar-refractivity contribution in [3.8, 4) is 0 Å². The summed E-state index contributed by atoms with van der Waals surface area (Å²) >= 11 is 0. The molecule has 0 aromatic heterocycles. The number of allylic oxidation sites excluding steroid dienone is 6. The van der Waals surface area contributed by atoms with Gasteiger partial charge in [0, 0.05) is 19.3 Å². The first-order valence-corrected chi connectivity index (χ1v) is 24.5. The van der Waals surface area contributed by atoms with Gasteiger partial charge >= 0.3 is 17.9 Å². The molecule has 0 aliphatic rings. The molecule has 0 aromatic carbocycles. The molecule has 332 valence electrons. The average molecular weight is 801 g/mol. The second kappa shape index (κ2) is 46.3. The average Bonchev–Trinajstić information content (AvgIpc) is 3.21. The van der Waals surface area contributed by atoms with Crippen LogP contribution in [0, 0.1) is 0 Å². The van der Waals surface area contributed by atoms with Gasteiger partial charge in [0.1, 0.15) is 13.2 Å². The van der Waals surface area contributed by atoms with Crippen molar-refractivity contribution >= 4 is 17.9 Å². The van der Waals surface area contributed by atoms with Crippen LogP contribution in [-0.4, -0.2) is 37.2 Å². The molecular formula is C51H92O6. The smallest absolute Gasteiger partial charge is 0.306 e. The van der Waals surface area contributed by atoms with Crippen LogP contribution in [0.25, 0.3) is 0 Å². The molecule has 0 bridgehead atoms. The van der Waals surface area contributed by atoms with Crippen LogP contribution in [0.1, 0.15) is 252 Å². The van der Waals surface area contributed by atoms with Crippen molar-refractivity contribution in [2.24, 2.45) is 0 Å². The normalized spacial score (nSPS) is 12.3. The lowest BCUT2D eigenvalue weighted by atomic mass is 10.1. The van der Waals surface area contributed by atoms with Crippen LogP contribution in [0.4, 0.5) is 0 Å². The summed E-state index contributed by atoms with van der Waals surface area (Å²) in [7, 11) is 0. The van der Waals surface area contributed by atoms with E-state index in [1.54, 1.807) is 0 Å². The second-order valence-corrected chi connectivity index (χ2v) is 16.4. The van der Waals surface area contributed by atoms with Crippen LogP contribution >= 0.6 is 0 Å². The van der Waals surface area contributed by atoms with Crippen LogP contribution in [0.2, 0.25) is 0 Å². The van der Waals surface area contributed by atoms with E-state index in [4.69, 9.17) is 14.2 Å². The summed E-state index contributed by atoms with van der Waals surface area (Å²) in [5.74, 6) is -0.887. The molecule has 6 heteroatoms. The highest BCUT2D eigenvalue weighted by atomic mass is 16.6. The Morgan fingerprint density at radius 3 is 0.982 bits per heavy atom. The molecule has 6 nitrogen and oxygen atoms in total. The molecule has 57 heavy (non-hydrogen) atoms. The van der Waals surface area contributed by atoms with Crippen LogP contribution in [0.3, 0.4) is 0 Å². The van der Waals surface area contributed by atoms with E-state index in [9.17, 15) is 14.4 Å². The Hall–Kier alpha value is -2.37. The van der Waals surface area contributed by atoms with Crippen LogP contribution in [0.5, 0.6) is 0 Å². The number of rotatable bonds is 44. The van der Waals surface area contributed by atoms with Crippen molar-refractivity contribution in [3.63, 3.8) is 0 Å². The number of esters is 3. The Morgan fingerprint density at radius 1 is 0.351 bits per heavy atom. The lowest BCUT2D eigenvalue weighted by molar-refractivity contribution is -0.167. The molecule has 0 aromatic rings. The van der Waals surface area contributed by atoms with Gasteiger partial charge in [-0.15, -0.1) is 0 Å². The molecule has 0 saturated carbocycles. The largest absolute Gasteiger partial charge is 0.462 e. The zero-order valence-corrected chi connectivity index (χ0v) is 37.9. The standard InChI is InChI=1S/C51H92O6/c1-4-7-10-13-16-19-20-21-22-23-24-25-26-27-28-29-30-33-35-38-41-44-50(53)56-47-48(57-51(54)45-42-39-36-32-18-15-12-9-6-3)46-55-49(52)43-40-37-34-31-17-14-11-8-5-2/h20-21,23-24,26-27,48H,4-19,22,25,28-47H2,1-3H3/b21-20-,24-23-,27-26-. The summed E-state index contributed by atoms with van der Waals surface area (Å²) in [5, 5.41) is 0. The third kappa shape index (κ3) is 44.6. The fourth-order valence-corrected chi connectivity index (χ4v) is 6.92. The van der Waals surface area contributed by atoms with Gasteiger partial charge in [0.2, 0.25) is 0 Å². The SMILES string of the molecule is CCCCCCC/C=C\C/C=C\C/C=C\CCCCCCCCC(=O)OCC(COC(=O)CCCCCCCCCCC)OC(=O)CCCCCCCCCCC. The molecule has 0 heterocycles. The van der Waals surface area contributed by atoms with Crippen molar-refractivity contribution in [1.82, 2.24) is 0 Å². The number of hydrogen-bond acceptors (Lipinski definition) is 6. The zero-order valence-electron chi connectivity index (χ0n) is 37.9. The molecule has 0 spiro atoms. The van der Waals surface area contributed by atoms with E-state index < -0.39 is 6.10 Å². The van der Waals surface area contributed by atoms with Gasteiger partial charge in [0.25, 0.3) is 0 Å². The predicted octanol–water partition coefficient (Wildman–Crippen LogP) is 15.8. The van der Waals surface area contributed by atoms with E-state index >= 15 is 0 Å².